The smallest absolute Gasteiger partial charge is 0.303 e. The zero-order valence-electron chi connectivity index (χ0n) is 23.5. The summed E-state index contributed by atoms with van der Waals surface area (Å²) in [6.07, 6.45) is 13.0. The molecule has 4 aliphatic rings. The maximum Gasteiger partial charge on any atom is 0.303 e. The van der Waals surface area contributed by atoms with Crippen molar-refractivity contribution in [3.05, 3.63) is 41.5 Å². The molecular weight excluding hydrogens is 476 g/mol. The van der Waals surface area contributed by atoms with Crippen molar-refractivity contribution in [3.8, 4) is 5.75 Å². The molecule has 0 spiro atoms. The van der Waals surface area contributed by atoms with Crippen molar-refractivity contribution < 1.29 is 24.5 Å². The highest BCUT2D eigenvalue weighted by Gasteiger charge is 2.64. The summed E-state index contributed by atoms with van der Waals surface area (Å²) in [5.41, 5.74) is 2.27. The van der Waals surface area contributed by atoms with Gasteiger partial charge in [-0.3, -0.25) is 9.59 Å². The minimum Gasteiger partial charge on any atom is -0.494 e. The van der Waals surface area contributed by atoms with Crippen LogP contribution in [0.3, 0.4) is 0 Å². The number of ether oxygens (including phenoxy) is 1. The number of carbonyl (C=O) groups is 2. The third-order valence-corrected chi connectivity index (χ3v) is 11.5. The largest absolute Gasteiger partial charge is 0.494 e. The number of aliphatic carboxylic acids is 1. The van der Waals surface area contributed by atoms with Crippen LogP contribution in [-0.4, -0.2) is 34.2 Å². The second-order valence-corrected chi connectivity index (χ2v) is 13.5. The van der Waals surface area contributed by atoms with Gasteiger partial charge in [0.2, 0.25) is 0 Å². The summed E-state index contributed by atoms with van der Waals surface area (Å²) in [4.78, 5) is 23.1. The zero-order valence-corrected chi connectivity index (χ0v) is 23.5. The first-order valence-corrected chi connectivity index (χ1v) is 14.9. The van der Waals surface area contributed by atoms with Gasteiger partial charge in [0.15, 0.2) is 5.78 Å². The van der Waals surface area contributed by atoms with Crippen LogP contribution in [0.2, 0.25) is 0 Å². The number of fused-ring (bicyclic) bond motifs is 5. The van der Waals surface area contributed by atoms with E-state index in [1.165, 1.54) is 17.6 Å². The van der Waals surface area contributed by atoms with Crippen molar-refractivity contribution >= 4 is 11.8 Å². The molecule has 38 heavy (non-hydrogen) atoms. The van der Waals surface area contributed by atoms with Gasteiger partial charge in [0.1, 0.15) is 5.75 Å². The molecule has 0 radical (unpaired) electrons. The molecule has 5 rings (SSSR count). The lowest BCUT2D eigenvalue weighted by Crippen LogP contribution is -2.56. The minimum absolute atomic E-state index is 0.00518. The summed E-state index contributed by atoms with van der Waals surface area (Å²) in [5.74, 6) is 2.68. The summed E-state index contributed by atoms with van der Waals surface area (Å²) in [5, 5.41) is 20.2. The number of aryl methyl sites for hydroxylation is 1. The van der Waals surface area contributed by atoms with Crippen LogP contribution in [0.1, 0.15) is 97.0 Å². The molecule has 5 nitrogen and oxygen atoms in total. The van der Waals surface area contributed by atoms with Crippen LogP contribution in [-0.2, 0) is 16.0 Å². The maximum absolute atomic E-state index is 12.4. The van der Waals surface area contributed by atoms with Gasteiger partial charge in [-0.05, 0) is 129 Å². The van der Waals surface area contributed by atoms with E-state index in [0.29, 0.717) is 48.9 Å². The predicted octanol–water partition coefficient (Wildman–Crippen LogP) is 6.76. The van der Waals surface area contributed by atoms with E-state index in [1.807, 2.05) is 18.2 Å². The lowest BCUT2D eigenvalue weighted by Gasteiger charge is -2.61. The average molecular weight is 523 g/mol. The molecule has 0 heterocycles. The number of carboxylic acids is 1. The number of allylic oxidation sites excluding steroid dienone is 1. The Morgan fingerprint density at radius 1 is 1.03 bits per heavy atom. The summed E-state index contributed by atoms with van der Waals surface area (Å²) >= 11 is 0. The first kappa shape index (κ1) is 27.4. The number of aliphatic hydroxyl groups is 1. The van der Waals surface area contributed by atoms with Crippen LogP contribution < -0.4 is 4.74 Å². The molecule has 0 bridgehead atoms. The first-order valence-electron chi connectivity index (χ1n) is 14.9. The van der Waals surface area contributed by atoms with Gasteiger partial charge >= 0.3 is 5.97 Å². The molecule has 4 unspecified atom stereocenters. The van der Waals surface area contributed by atoms with E-state index in [9.17, 15) is 14.7 Å². The molecule has 3 fully saturated rings. The third-order valence-electron chi connectivity index (χ3n) is 11.5. The number of carbonyl (C=O) groups excluding carboxylic acids is 1. The van der Waals surface area contributed by atoms with E-state index >= 15 is 0 Å². The fourth-order valence-electron chi connectivity index (χ4n) is 8.98. The van der Waals surface area contributed by atoms with Gasteiger partial charge in [0, 0.05) is 12.8 Å². The van der Waals surface area contributed by atoms with Crippen molar-refractivity contribution in [2.45, 2.75) is 103 Å². The molecule has 2 N–H and O–H groups in total. The van der Waals surface area contributed by atoms with Crippen LogP contribution in [0.25, 0.3) is 0 Å². The molecule has 1 aromatic rings. The van der Waals surface area contributed by atoms with Crippen LogP contribution in [0.4, 0.5) is 0 Å². The Kier molecular flexibility index (Phi) is 7.54. The quantitative estimate of drug-likeness (QED) is 0.350. The monoisotopic (exact) mass is 522 g/mol. The molecule has 5 heteroatoms. The van der Waals surface area contributed by atoms with Crippen molar-refractivity contribution in [1.29, 1.82) is 0 Å². The van der Waals surface area contributed by atoms with Crippen molar-refractivity contribution in [2.24, 2.45) is 34.5 Å². The fraction of sp³-hybridized carbons (Fsp3) is 0.697. The molecule has 0 amide bonds. The first-order chi connectivity index (χ1) is 18.0. The fourth-order valence-corrected chi connectivity index (χ4v) is 8.98. The Balaban J connectivity index is 1.27. The summed E-state index contributed by atoms with van der Waals surface area (Å²) in [6, 6.07) is 8.23. The normalized spacial score (nSPS) is 38.1. The summed E-state index contributed by atoms with van der Waals surface area (Å²) in [6.45, 7) is 7.30. The van der Waals surface area contributed by atoms with Crippen LogP contribution in [0.5, 0.6) is 5.75 Å². The van der Waals surface area contributed by atoms with Crippen LogP contribution >= 0.6 is 0 Å². The number of hydrogen-bond acceptors (Lipinski definition) is 4. The van der Waals surface area contributed by atoms with Crippen molar-refractivity contribution in [2.75, 3.05) is 6.61 Å². The number of ketones is 1. The zero-order chi connectivity index (χ0) is 27.1. The van der Waals surface area contributed by atoms with Gasteiger partial charge in [0.25, 0.3) is 0 Å². The van der Waals surface area contributed by atoms with E-state index in [-0.39, 0.29) is 17.3 Å². The molecule has 3 saturated carbocycles. The van der Waals surface area contributed by atoms with Crippen LogP contribution in [0, 0.1) is 34.5 Å². The van der Waals surface area contributed by atoms with Crippen molar-refractivity contribution in [3.63, 3.8) is 0 Å². The molecule has 0 aliphatic heterocycles. The Morgan fingerprint density at radius 2 is 1.76 bits per heavy atom. The lowest BCUT2D eigenvalue weighted by atomic mass is 9.44. The van der Waals surface area contributed by atoms with Crippen molar-refractivity contribution in [1.82, 2.24) is 0 Å². The van der Waals surface area contributed by atoms with E-state index < -0.39 is 11.6 Å². The van der Waals surface area contributed by atoms with Gasteiger partial charge in [-0.2, -0.15) is 0 Å². The Morgan fingerprint density at radius 3 is 2.50 bits per heavy atom. The number of rotatable bonds is 9. The summed E-state index contributed by atoms with van der Waals surface area (Å²) in [7, 11) is 0. The van der Waals surface area contributed by atoms with Gasteiger partial charge in [0.05, 0.1) is 12.2 Å². The van der Waals surface area contributed by atoms with Gasteiger partial charge in [-0.15, -0.1) is 0 Å². The van der Waals surface area contributed by atoms with E-state index in [1.54, 1.807) is 0 Å². The highest BCUT2D eigenvalue weighted by molar-refractivity contribution is 5.91. The number of carboxylic acid groups (broad SMARTS) is 1. The highest BCUT2D eigenvalue weighted by Crippen LogP contribution is 2.69. The number of benzene rings is 1. The minimum atomic E-state index is -0.791. The van der Waals surface area contributed by atoms with Gasteiger partial charge < -0.3 is 14.9 Å². The Labute approximate surface area is 228 Å². The third kappa shape index (κ3) is 4.96. The van der Waals surface area contributed by atoms with E-state index in [0.717, 1.165) is 57.1 Å². The molecule has 0 aromatic heterocycles. The van der Waals surface area contributed by atoms with E-state index in [4.69, 9.17) is 9.84 Å². The topological polar surface area (TPSA) is 83.8 Å². The average Bonchev–Trinajstić information content (AvgIpc) is 3.12. The molecular formula is C33H46O5. The Bertz CT molecular complexity index is 1070. The molecule has 7 atom stereocenters. The maximum atomic E-state index is 12.4. The summed E-state index contributed by atoms with van der Waals surface area (Å²) < 4.78 is 5.69. The molecule has 208 valence electrons. The Hall–Kier alpha value is -2.14. The molecule has 0 saturated heterocycles. The highest BCUT2D eigenvalue weighted by atomic mass is 16.5. The predicted molar refractivity (Wildman–Crippen MR) is 148 cm³/mol. The molecule has 4 aliphatic carbocycles. The second kappa shape index (κ2) is 10.4. The lowest BCUT2D eigenvalue weighted by molar-refractivity contribution is -0.137. The van der Waals surface area contributed by atoms with Gasteiger partial charge in [-0.1, -0.05) is 31.6 Å². The SMILES string of the molecule is C[C@]12CCC(=O)C=C1CC(CCCc1ccc(OCCCC(=O)O)cc1)C1C2CC[C@@]2(C)C1CC[C@]2(C)O. The molecule has 1 aromatic carbocycles. The second-order valence-electron chi connectivity index (χ2n) is 13.5. The van der Waals surface area contributed by atoms with E-state index in [2.05, 4.69) is 32.9 Å². The van der Waals surface area contributed by atoms with Gasteiger partial charge in [-0.25, -0.2) is 0 Å². The number of hydrogen-bond donors (Lipinski definition) is 2. The van der Waals surface area contributed by atoms with Crippen LogP contribution in [0.15, 0.2) is 35.9 Å². The standard InChI is InChI=1S/C33H46O5/c1-31-16-13-25(34)21-24(31)20-23(30-27(31)14-17-32(2)28(30)15-18-33(32,3)37)7-4-6-22-9-11-26(12-10-22)38-19-5-8-29(35)36/h9-12,21,23,27-28,30,37H,4-8,13-20H2,1-3H3,(H,35,36)/t23?,27?,28?,30?,31-,32-,33-/m0/s1.